The number of carbonyl (C=O) groups is 1. The average molecular weight is 290 g/mol. The molecule has 21 heavy (non-hydrogen) atoms. The Hall–Kier alpha value is -1.39. The Morgan fingerprint density at radius 3 is 2.67 bits per heavy atom. The summed E-state index contributed by atoms with van der Waals surface area (Å²) in [6, 6.07) is 6.61. The third-order valence-corrected chi connectivity index (χ3v) is 4.07. The highest BCUT2D eigenvalue weighted by molar-refractivity contribution is 5.76. The fraction of sp³-hybridized carbons (Fsp3) is 0.588. The van der Waals surface area contributed by atoms with E-state index in [9.17, 15) is 4.79 Å². The largest absolute Gasteiger partial charge is 0.465 e. The molecule has 4 heteroatoms. The van der Waals surface area contributed by atoms with Crippen LogP contribution in [0.2, 0.25) is 0 Å². The highest BCUT2D eigenvalue weighted by Crippen LogP contribution is 2.25. The van der Waals surface area contributed by atoms with Crippen LogP contribution in [-0.2, 0) is 9.53 Å². The maximum Gasteiger partial charge on any atom is 0.324 e. The molecule has 0 aromatic heterocycles. The van der Waals surface area contributed by atoms with Crippen LogP contribution in [0, 0.1) is 13.8 Å². The van der Waals surface area contributed by atoms with Gasteiger partial charge in [0.15, 0.2) is 0 Å². The summed E-state index contributed by atoms with van der Waals surface area (Å²) in [5, 5.41) is 3.29. The lowest BCUT2D eigenvalue weighted by Crippen LogP contribution is -2.56. The van der Waals surface area contributed by atoms with Crippen LogP contribution < -0.4 is 5.32 Å². The number of esters is 1. The third kappa shape index (κ3) is 3.83. The van der Waals surface area contributed by atoms with E-state index in [1.807, 2.05) is 6.92 Å². The maximum atomic E-state index is 12.2. The number of nitrogens with one attached hydrogen (secondary N) is 1. The molecule has 4 nitrogen and oxygen atoms in total. The molecule has 1 N–H and O–H groups in total. The minimum atomic E-state index is -0.200. The molecule has 2 rings (SSSR count). The molecule has 1 aromatic rings. The van der Waals surface area contributed by atoms with Crippen molar-refractivity contribution in [3.63, 3.8) is 0 Å². The number of hydrogen-bond donors (Lipinski definition) is 1. The molecule has 1 fully saturated rings. The zero-order valence-corrected chi connectivity index (χ0v) is 13.5. The first-order valence-electron chi connectivity index (χ1n) is 7.74. The molecule has 1 saturated heterocycles. The van der Waals surface area contributed by atoms with Crippen LogP contribution >= 0.6 is 0 Å². The summed E-state index contributed by atoms with van der Waals surface area (Å²) in [5.74, 6) is -0.124. The van der Waals surface area contributed by atoms with Crippen LogP contribution in [-0.4, -0.2) is 43.2 Å². The Balaban J connectivity index is 2.21. The third-order valence-electron chi connectivity index (χ3n) is 4.07. The molecule has 0 spiro atoms. The second-order valence-electron chi connectivity index (χ2n) is 5.81. The van der Waals surface area contributed by atoms with Gasteiger partial charge in [-0.3, -0.25) is 9.69 Å². The van der Waals surface area contributed by atoms with Crippen LogP contribution in [0.4, 0.5) is 0 Å². The molecule has 0 radical (unpaired) electrons. The molecule has 1 heterocycles. The predicted octanol–water partition coefficient (Wildman–Crippen LogP) is 2.20. The molecule has 1 aliphatic heterocycles. The Labute approximate surface area is 127 Å². The van der Waals surface area contributed by atoms with Gasteiger partial charge in [0, 0.05) is 25.7 Å². The first kappa shape index (κ1) is 16.0. The van der Waals surface area contributed by atoms with Gasteiger partial charge >= 0.3 is 5.97 Å². The minimum Gasteiger partial charge on any atom is -0.465 e. The Morgan fingerprint density at radius 2 is 2.05 bits per heavy atom. The van der Waals surface area contributed by atoms with Gasteiger partial charge < -0.3 is 10.1 Å². The van der Waals surface area contributed by atoms with Crippen molar-refractivity contribution in [3.8, 4) is 0 Å². The van der Waals surface area contributed by atoms with Gasteiger partial charge in [-0.15, -0.1) is 0 Å². The van der Waals surface area contributed by atoms with E-state index in [2.05, 4.69) is 49.2 Å². The molecule has 0 aliphatic carbocycles. The summed E-state index contributed by atoms with van der Waals surface area (Å²) in [5.41, 5.74) is 3.79. The minimum absolute atomic E-state index is 0.124. The fourth-order valence-corrected chi connectivity index (χ4v) is 3.08. The standard InChI is InChI=1S/C17H26N2O2/c1-5-21-17(20)16-11-18-6-7-19(16)14(4)15-9-12(2)8-13(3)10-15/h8-10,14,16,18H,5-7,11H2,1-4H3. The summed E-state index contributed by atoms with van der Waals surface area (Å²) in [4.78, 5) is 14.4. The number of carbonyl (C=O) groups excluding carboxylic acids is 1. The van der Waals surface area contributed by atoms with Gasteiger partial charge in [-0.25, -0.2) is 0 Å². The van der Waals surface area contributed by atoms with E-state index >= 15 is 0 Å². The van der Waals surface area contributed by atoms with Gasteiger partial charge in [-0.1, -0.05) is 29.3 Å². The van der Waals surface area contributed by atoms with E-state index in [0.717, 1.165) is 13.1 Å². The quantitative estimate of drug-likeness (QED) is 0.863. The van der Waals surface area contributed by atoms with Crippen LogP contribution in [0.15, 0.2) is 18.2 Å². The summed E-state index contributed by atoms with van der Waals surface area (Å²) in [7, 11) is 0. The number of aryl methyl sites for hydroxylation is 2. The van der Waals surface area contributed by atoms with E-state index < -0.39 is 0 Å². The number of ether oxygens (including phenoxy) is 1. The van der Waals surface area contributed by atoms with Crippen molar-refractivity contribution < 1.29 is 9.53 Å². The first-order valence-corrected chi connectivity index (χ1v) is 7.74. The summed E-state index contributed by atoms with van der Waals surface area (Å²) in [6.07, 6.45) is 0. The van der Waals surface area contributed by atoms with E-state index in [4.69, 9.17) is 4.74 Å². The van der Waals surface area contributed by atoms with Gasteiger partial charge in [-0.2, -0.15) is 0 Å². The Morgan fingerprint density at radius 1 is 1.38 bits per heavy atom. The number of piperazine rings is 1. The zero-order valence-electron chi connectivity index (χ0n) is 13.5. The van der Waals surface area contributed by atoms with Crippen LogP contribution in [0.3, 0.4) is 0 Å². The molecule has 2 unspecified atom stereocenters. The molecule has 116 valence electrons. The monoisotopic (exact) mass is 290 g/mol. The molecule has 0 amide bonds. The Bertz CT molecular complexity index is 481. The van der Waals surface area contributed by atoms with Crippen molar-refractivity contribution in [1.82, 2.24) is 10.2 Å². The van der Waals surface area contributed by atoms with Crippen molar-refractivity contribution >= 4 is 5.97 Å². The second-order valence-corrected chi connectivity index (χ2v) is 5.81. The highest BCUT2D eigenvalue weighted by atomic mass is 16.5. The van der Waals surface area contributed by atoms with Crippen LogP contribution in [0.5, 0.6) is 0 Å². The molecular formula is C17H26N2O2. The molecular weight excluding hydrogens is 264 g/mol. The van der Waals surface area contributed by atoms with Crippen LogP contribution in [0.1, 0.15) is 36.6 Å². The number of hydrogen-bond acceptors (Lipinski definition) is 4. The molecule has 0 bridgehead atoms. The van der Waals surface area contributed by atoms with E-state index in [1.54, 1.807) is 0 Å². The van der Waals surface area contributed by atoms with Crippen molar-refractivity contribution in [1.29, 1.82) is 0 Å². The number of benzene rings is 1. The molecule has 1 aliphatic rings. The topological polar surface area (TPSA) is 41.6 Å². The van der Waals surface area contributed by atoms with E-state index in [0.29, 0.717) is 13.2 Å². The predicted molar refractivity (Wildman–Crippen MR) is 84.3 cm³/mol. The first-order chi connectivity index (χ1) is 10.0. The lowest BCUT2D eigenvalue weighted by molar-refractivity contribution is -0.151. The number of nitrogens with zero attached hydrogens (tertiary/aromatic N) is 1. The molecule has 0 saturated carbocycles. The zero-order chi connectivity index (χ0) is 15.4. The van der Waals surface area contributed by atoms with Crippen molar-refractivity contribution in [3.05, 3.63) is 34.9 Å². The Kier molecular flexibility index (Phi) is 5.37. The van der Waals surface area contributed by atoms with Crippen LogP contribution in [0.25, 0.3) is 0 Å². The van der Waals surface area contributed by atoms with Crippen molar-refractivity contribution in [2.24, 2.45) is 0 Å². The van der Waals surface area contributed by atoms with E-state index in [1.165, 1.54) is 16.7 Å². The smallest absolute Gasteiger partial charge is 0.324 e. The number of rotatable bonds is 4. The van der Waals surface area contributed by atoms with Crippen molar-refractivity contribution in [2.45, 2.75) is 39.8 Å². The fourth-order valence-electron chi connectivity index (χ4n) is 3.08. The second kappa shape index (κ2) is 7.05. The highest BCUT2D eigenvalue weighted by Gasteiger charge is 2.33. The summed E-state index contributed by atoms with van der Waals surface area (Å²) in [6.45, 7) is 11.1. The maximum absolute atomic E-state index is 12.2. The van der Waals surface area contributed by atoms with E-state index in [-0.39, 0.29) is 18.1 Å². The van der Waals surface area contributed by atoms with Gasteiger partial charge in [0.1, 0.15) is 6.04 Å². The van der Waals surface area contributed by atoms with Crippen molar-refractivity contribution in [2.75, 3.05) is 26.2 Å². The van der Waals surface area contributed by atoms with Gasteiger partial charge in [0.2, 0.25) is 0 Å². The molecule has 1 aromatic carbocycles. The summed E-state index contributed by atoms with van der Waals surface area (Å²) < 4.78 is 5.22. The van der Waals surface area contributed by atoms with Gasteiger partial charge in [0.25, 0.3) is 0 Å². The normalized spacial score (nSPS) is 21.0. The average Bonchev–Trinajstić information content (AvgIpc) is 2.45. The lowest BCUT2D eigenvalue weighted by atomic mass is 9.99. The SMILES string of the molecule is CCOC(=O)C1CNCCN1C(C)c1cc(C)cc(C)c1. The van der Waals surface area contributed by atoms with Gasteiger partial charge in [0.05, 0.1) is 6.61 Å². The van der Waals surface area contributed by atoms with Gasteiger partial charge in [-0.05, 0) is 33.3 Å². The molecule has 2 atom stereocenters. The lowest BCUT2D eigenvalue weighted by Gasteiger charge is -2.39. The summed E-state index contributed by atoms with van der Waals surface area (Å²) >= 11 is 0.